The molecule has 0 aromatic rings. The van der Waals surface area contributed by atoms with E-state index in [1.165, 1.54) is 0 Å². The molecule has 0 saturated heterocycles. The van der Waals surface area contributed by atoms with Crippen LogP contribution in [-0.4, -0.2) is 17.8 Å². The van der Waals surface area contributed by atoms with E-state index >= 15 is 0 Å². The number of halogens is 4. The molecular weight excluding hydrogens is 241 g/mol. The van der Waals surface area contributed by atoms with Gasteiger partial charge in [-0.05, 0) is 32.3 Å². The molecule has 90 valence electrons. The van der Waals surface area contributed by atoms with E-state index in [1.807, 2.05) is 6.92 Å². The molecule has 0 aliphatic heterocycles. The molecule has 0 heterocycles. The maximum atomic E-state index is 12.3. The van der Waals surface area contributed by atoms with Gasteiger partial charge in [-0.1, -0.05) is 11.1 Å². The lowest BCUT2D eigenvalue weighted by molar-refractivity contribution is -0.166. The Balaban J connectivity index is 3.07. The predicted octanol–water partition coefficient (Wildman–Crippen LogP) is 3.78. The van der Waals surface area contributed by atoms with E-state index < -0.39 is 12.0 Å². The lowest BCUT2D eigenvalue weighted by Crippen LogP contribution is -2.27. The summed E-state index contributed by atoms with van der Waals surface area (Å²) in [4.78, 5) is 11.2. The summed E-state index contributed by atoms with van der Waals surface area (Å²) < 4.78 is 37.0. The fraction of sp³-hybridized carbons (Fsp3) is 0.545. The number of allylic oxidation sites excluding steroid dienone is 4. The summed E-state index contributed by atoms with van der Waals surface area (Å²) in [6, 6.07) is 0. The Morgan fingerprint density at radius 3 is 2.19 bits per heavy atom. The molecule has 0 aromatic heterocycles. The van der Waals surface area contributed by atoms with Gasteiger partial charge >= 0.3 is 6.18 Å². The highest BCUT2D eigenvalue weighted by molar-refractivity contribution is 6.20. The topological polar surface area (TPSA) is 17.1 Å². The van der Waals surface area contributed by atoms with Gasteiger partial charge in [-0.25, -0.2) is 0 Å². The summed E-state index contributed by atoms with van der Waals surface area (Å²) in [7, 11) is 0. The van der Waals surface area contributed by atoms with Crippen LogP contribution in [0.2, 0.25) is 0 Å². The number of Topliss-reactive ketones (excluding diaryl/α,β-unsaturated/α-hetero) is 1. The molecule has 5 heteroatoms. The van der Waals surface area contributed by atoms with E-state index in [-0.39, 0.29) is 17.9 Å². The van der Waals surface area contributed by atoms with Crippen molar-refractivity contribution in [3.8, 4) is 0 Å². The van der Waals surface area contributed by atoms with E-state index in [0.29, 0.717) is 12.0 Å². The molecule has 0 radical (unpaired) electrons. The van der Waals surface area contributed by atoms with Crippen LogP contribution in [0.25, 0.3) is 0 Å². The molecule has 1 rings (SSSR count). The van der Waals surface area contributed by atoms with Crippen molar-refractivity contribution in [3.05, 3.63) is 22.3 Å². The highest BCUT2D eigenvalue weighted by atomic mass is 35.5. The number of hydrogen-bond donors (Lipinski definition) is 0. The number of alkyl halides is 4. The first kappa shape index (κ1) is 13.3. The molecule has 0 unspecified atom stereocenters. The number of ketones is 1. The van der Waals surface area contributed by atoms with Crippen LogP contribution >= 0.6 is 11.6 Å². The zero-order chi connectivity index (χ0) is 12.5. The molecule has 0 saturated carbocycles. The van der Waals surface area contributed by atoms with E-state index in [4.69, 9.17) is 11.6 Å². The Hall–Kier alpha value is -0.770. The van der Waals surface area contributed by atoms with Crippen molar-refractivity contribution in [2.75, 3.05) is 5.88 Å². The third-order valence-electron chi connectivity index (χ3n) is 2.77. The van der Waals surface area contributed by atoms with Crippen LogP contribution in [0.1, 0.15) is 26.7 Å². The van der Waals surface area contributed by atoms with E-state index in [9.17, 15) is 18.0 Å². The average molecular weight is 253 g/mol. The van der Waals surface area contributed by atoms with Crippen LogP contribution in [-0.2, 0) is 4.79 Å². The standard InChI is InChI=1S/C11H12ClF3O/c1-6-3-8(5-12)9(4-7(6)2)10(16)11(13,14)15/h3-5H2,1-2H3. The molecule has 0 spiro atoms. The van der Waals surface area contributed by atoms with Gasteiger partial charge in [0.05, 0.1) is 0 Å². The zero-order valence-electron chi connectivity index (χ0n) is 9.04. The van der Waals surface area contributed by atoms with Gasteiger partial charge in [-0.15, -0.1) is 11.6 Å². The Labute approximate surface area is 97.0 Å². The third-order valence-corrected chi connectivity index (χ3v) is 3.09. The van der Waals surface area contributed by atoms with Crippen molar-refractivity contribution in [3.63, 3.8) is 0 Å². The van der Waals surface area contributed by atoms with E-state index in [1.54, 1.807) is 6.92 Å². The van der Waals surface area contributed by atoms with Gasteiger partial charge in [-0.3, -0.25) is 4.79 Å². The summed E-state index contributed by atoms with van der Waals surface area (Å²) in [5.74, 6) is -1.78. The Morgan fingerprint density at radius 1 is 1.25 bits per heavy atom. The molecule has 0 atom stereocenters. The van der Waals surface area contributed by atoms with Gasteiger partial charge in [-0.2, -0.15) is 13.2 Å². The zero-order valence-corrected chi connectivity index (χ0v) is 9.80. The Kier molecular flexibility index (Phi) is 3.84. The summed E-state index contributed by atoms with van der Waals surface area (Å²) in [5, 5.41) is 0. The fourth-order valence-corrected chi connectivity index (χ4v) is 1.91. The first-order valence-corrected chi connectivity index (χ1v) is 5.34. The van der Waals surface area contributed by atoms with Crippen molar-refractivity contribution < 1.29 is 18.0 Å². The van der Waals surface area contributed by atoms with E-state index in [2.05, 4.69) is 0 Å². The molecule has 0 N–H and O–H groups in total. The maximum absolute atomic E-state index is 12.3. The molecule has 16 heavy (non-hydrogen) atoms. The largest absolute Gasteiger partial charge is 0.454 e. The maximum Gasteiger partial charge on any atom is 0.454 e. The van der Waals surface area contributed by atoms with Gasteiger partial charge in [0.1, 0.15) is 0 Å². The molecular formula is C11H12ClF3O. The lowest BCUT2D eigenvalue weighted by Gasteiger charge is -2.21. The van der Waals surface area contributed by atoms with Crippen LogP contribution in [0.15, 0.2) is 22.3 Å². The molecule has 0 aromatic carbocycles. The molecule has 1 nitrogen and oxygen atoms in total. The summed E-state index contributed by atoms with van der Waals surface area (Å²) in [6.45, 7) is 3.58. The number of rotatable bonds is 2. The highest BCUT2D eigenvalue weighted by Crippen LogP contribution is 2.34. The molecule has 1 aliphatic carbocycles. The Morgan fingerprint density at radius 2 is 1.75 bits per heavy atom. The SMILES string of the molecule is CC1=C(C)CC(C(=O)C(F)(F)F)=C(CCl)C1. The fourth-order valence-electron chi connectivity index (χ4n) is 1.66. The first-order chi connectivity index (χ1) is 7.27. The van der Waals surface area contributed by atoms with Crippen LogP contribution in [0.5, 0.6) is 0 Å². The number of hydrogen-bond acceptors (Lipinski definition) is 1. The minimum Gasteiger partial charge on any atom is -0.284 e. The van der Waals surface area contributed by atoms with Crippen LogP contribution < -0.4 is 0 Å². The average Bonchev–Trinajstić information content (AvgIpc) is 2.19. The second-order valence-electron chi connectivity index (χ2n) is 3.96. The minimum atomic E-state index is -4.81. The van der Waals surface area contributed by atoms with Gasteiger partial charge in [0.25, 0.3) is 5.78 Å². The second-order valence-corrected chi connectivity index (χ2v) is 4.22. The van der Waals surface area contributed by atoms with Gasteiger partial charge in [0.15, 0.2) is 0 Å². The molecule has 0 bridgehead atoms. The third kappa shape index (κ3) is 2.67. The Bertz CT molecular complexity index is 377. The quantitative estimate of drug-likeness (QED) is 0.540. The van der Waals surface area contributed by atoms with Gasteiger partial charge in [0.2, 0.25) is 0 Å². The van der Waals surface area contributed by atoms with Crippen molar-refractivity contribution in [1.82, 2.24) is 0 Å². The van der Waals surface area contributed by atoms with Crippen molar-refractivity contribution in [2.45, 2.75) is 32.9 Å². The lowest BCUT2D eigenvalue weighted by atomic mass is 9.86. The first-order valence-electron chi connectivity index (χ1n) is 4.81. The molecule has 1 aliphatic rings. The monoisotopic (exact) mass is 252 g/mol. The number of carbonyl (C=O) groups is 1. The summed E-state index contributed by atoms with van der Waals surface area (Å²) in [5.41, 5.74) is 2.04. The van der Waals surface area contributed by atoms with Crippen LogP contribution in [0, 0.1) is 0 Å². The molecule has 0 fully saturated rings. The van der Waals surface area contributed by atoms with Gasteiger partial charge < -0.3 is 0 Å². The molecule has 0 amide bonds. The highest BCUT2D eigenvalue weighted by Gasteiger charge is 2.42. The normalized spacial score (nSPS) is 18.1. The van der Waals surface area contributed by atoms with Crippen LogP contribution in [0.4, 0.5) is 13.2 Å². The smallest absolute Gasteiger partial charge is 0.284 e. The van der Waals surface area contributed by atoms with Crippen molar-refractivity contribution >= 4 is 17.4 Å². The van der Waals surface area contributed by atoms with E-state index in [0.717, 1.165) is 11.1 Å². The summed E-state index contributed by atoms with van der Waals surface area (Å²) >= 11 is 5.58. The summed E-state index contributed by atoms with van der Waals surface area (Å²) in [6.07, 6.45) is -4.38. The van der Waals surface area contributed by atoms with Gasteiger partial charge in [0, 0.05) is 11.5 Å². The second kappa shape index (κ2) is 4.62. The van der Waals surface area contributed by atoms with Crippen LogP contribution in [0.3, 0.4) is 0 Å². The minimum absolute atomic E-state index is 0.0260. The number of carbonyl (C=O) groups excluding carboxylic acids is 1. The van der Waals surface area contributed by atoms with Crippen molar-refractivity contribution in [2.24, 2.45) is 0 Å². The van der Waals surface area contributed by atoms with Crippen molar-refractivity contribution in [1.29, 1.82) is 0 Å². The predicted molar refractivity (Wildman–Crippen MR) is 56.4 cm³/mol.